The summed E-state index contributed by atoms with van der Waals surface area (Å²) < 4.78 is 34.4. The SMILES string of the molecule is CS(=O)(=O)NC(=O)c1occc1COc1cccc(C#N)c1. The van der Waals surface area contributed by atoms with Gasteiger partial charge in [0.2, 0.25) is 10.0 Å². The minimum atomic E-state index is -3.68. The molecule has 1 N–H and O–H groups in total. The van der Waals surface area contributed by atoms with Crippen LogP contribution in [0.2, 0.25) is 0 Å². The Kier molecular flexibility index (Phi) is 4.48. The van der Waals surface area contributed by atoms with E-state index in [0.29, 0.717) is 16.9 Å². The number of amides is 1. The molecule has 2 rings (SSSR count). The Labute approximate surface area is 127 Å². The number of furan rings is 1. The van der Waals surface area contributed by atoms with E-state index >= 15 is 0 Å². The summed E-state index contributed by atoms with van der Waals surface area (Å²) in [7, 11) is -3.68. The lowest BCUT2D eigenvalue weighted by Gasteiger charge is -2.06. The van der Waals surface area contributed by atoms with Crippen LogP contribution in [-0.2, 0) is 16.6 Å². The highest BCUT2D eigenvalue weighted by Gasteiger charge is 2.19. The van der Waals surface area contributed by atoms with E-state index in [1.54, 1.807) is 24.3 Å². The molecule has 7 nitrogen and oxygen atoms in total. The maximum atomic E-state index is 11.8. The fourth-order valence-corrected chi connectivity index (χ4v) is 2.11. The van der Waals surface area contributed by atoms with Gasteiger partial charge in [-0.3, -0.25) is 4.79 Å². The molecule has 1 amide bonds. The van der Waals surface area contributed by atoms with Crippen LogP contribution in [0.3, 0.4) is 0 Å². The van der Waals surface area contributed by atoms with Gasteiger partial charge in [0, 0.05) is 5.56 Å². The molecule has 0 spiro atoms. The molecule has 0 bridgehead atoms. The number of nitriles is 1. The van der Waals surface area contributed by atoms with Crippen LogP contribution >= 0.6 is 0 Å². The summed E-state index contributed by atoms with van der Waals surface area (Å²) in [6.45, 7) is -0.00209. The van der Waals surface area contributed by atoms with Gasteiger partial charge in [-0.05, 0) is 24.3 Å². The van der Waals surface area contributed by atoms with E-state index in [4.69, 9.17) is 14.4 Å². The van der Waals surface area contributed by atoms with Crippen molar-refractivity contribution < 1.29 is 22.4 Å². The van der Waals surface area contributed by atoms with Gasteiger partial charge in [0.05, 0.1) is 24.2 Å². The van der Waals surface area contributed by atoms with Crippen LogP contribution in [-0.4, -0.2) is 20.6 Å². The molecular weight excluding hydrogens is 308 g/mol. The predicted molar refractivity (Wildman–Crippen MR) is 76.5 cm³/mol. The smallest absolute Gasteiger partial charge is 0.300 e. The molecule has 2 aromatic rings. The number of nitrogens with zero attached hydrogens (tertiary/aromatic N) is 1. The van der Waals surface area contributed by atoms with Gasteiger partial charge in [0.1, 0.15) is 12.4 Å². The van der Waals surface area contributed by atoms with Gasteiger partial charge < -0.3 is 9.15 Å². The van der Waals surface area contributed by atoms with Gasteiger partial charge in [0.25, 0.3) is 0 Å². The fraction of sp³-hybridized carbons (Fsp3) is 0.143. The first-order valence-electron chi connectivity index (χ1n) is 6.10. The molecule has 1 aromatic carbocycles. The van der Waals surface area contributed by atoms with E-state index in [-0.39, 0.29) is 12.4 Å². The molecule has 0 fully saturated rings. The molecule has 0 atom stereocenters. The minimum absolute atomic E-state index is 0.00209. The van der Waals surface area contributed by atoms with Crippen molar-refractivity contribution in [2.75, 3.05) is 6.26 Å². The number of carbonyl (C=O) groups is 1. The van der Waals surface area contributed by atoms with E-state index < -0.39 is 15.9 Å². The Balaban J connectivity index is 2.10. The molecule has 8 heteroatoms. The van der Waals surface area contributed by atoms with Crippen LogP contribution in [0, 0.1) is 11.3 Å². The van der Waals surface area contributed by atoms with Crippen molar-refractivity contribution in [2.45, 2.75) is 6.61 Å². The number of carbonyl (C=O) groups excluding carboxylic acids is 1. The van der Waals surface area contributed by atoms with Crippen molar-refractivity contribution in [1.29, 1.82) is 5.26 Å². The monoisotopic (exact) mass is 320 g/mol. The largest absolute Gasteiger partial charge is 0.489 e. The number of nitrogens with one attached hydrogen (secondary N) is 1. The molecule has 0 saturated carbocycles. The van der Waals surface area contributed by atoms with Gasteiger partial charge in [-0.1, -0.05) is 6.07 Å². The molecule has 1 aromatic heterocycles. The molecule has 1 heterocycles. The topological polar surface area (TPSA) is 109 Å². The van der Waals surface area contributed by atoms with E-state index in [1.165, 1.54) is 12.3 Å². The zero-order valence-corrected chi connectivity index (χ0v) is 12.4. The Morgan fingerprint density at radius 3 is 2.86 bits per heavy atom. The third-order valence-electron chi connectivity index (χ3n) is 2.59. The number of sulfonamides is 1. The van der Waals surface area contributed by atoms with Crippen LogP contribution in [0.1, 0.15) is 21.7 Å². The quantitative estimate of drug-likeness (QED) is 0.892. The van der Waals surface area contributed by atoms with Crippen molar-refractivity contribution in [3.63, 3.8) is 0 Å². The highest BCUT2D eigenvalue weighted by molar-refractivity contribution is 7.89. The standard InChI is InChI=1S/C14H12N2O5S/c1-22(18,19)16-14(17)13-11(5-6-20-13)9-21-12-4-2-3-10(7-12)8-15/h2-7H,9H2,1H3,(H,16,17). The van der Waals surface area contributed by atoms with E-state index in [2.05, 4.69) is 0 Å². The first-order valence-corrected chi connectivity index (χ1v) is 7.99. The van der Waals surface area contributed by atoms with Crippen LogP contribution in [0.5, 0.6) is 5.75 Å². The molecule has 114 valence electrons. The summed E-state index contributed by atoms with van der Waals surface area (Å²) in [6, 6.07) is 10.0. The van der Waals surface area contributed by atoms with Crippen molar-refractivity contribution in [1.82, 2.24) is 4.72 Å². The van der Waals surface area contributed by atoms with Crippen molar-refractivity contribution in [2.24, 2.45) is 0 Å². The Morgan fingerprint density at radius 2 is 2.18 bits per heavy atom. The predicted octanol–water partition coefficient (Wildman–Crippen LogP) is 1.42. The molecular formula is C14H12N2O5S. The van der Waals surface area contributed by atoms with Crippen LogP contribution in [0.4, 0.5) is 0 Å². The molecule has 0 unspecified atom stereocenters. The number of benzene rings is 1. The first kappa shape index (κ1) is 15.6. The van der Waals surface area contributed by atoms with E-state index in [0.717, 1.165) is 6.26 Å². The highest BCUT2D eigenvalue weighted by atomic mass is 32.2. The molecule has 0 aliphatic rings. The third kappa shape index (κ3) is 4.10. The highest BCUT2D eigenvalue weighted by Crippen LogP contribution is 2.17. The van der Waals surface area contributed by atoms with E-state index in [1.807, 2.05) is 10.8 Å². The molecule has 0 radical (unpaired) electrons. The summed E-state index contributed by atoms with van der Waals surface area (Å²) in [5, 5.41) is 8.81. The second-order valence-electron chi connectivity index (χ2n) is 4.41. The lowest BCUT2D eigenvalue weighted by molar-refractivity contribution is 0.0951. The molecule has 22 heavy (non-hydrogen) atoms. The maximum absolute atomic E-state index is 11.8. The van der Waals surface area contributed by atoms with Gasteiger partial charge in [-0.25, -0.2) is 13.1 Å². The zero-order valence-electron chi connectivity index (χ0n) is 11.6. The summed E-state index contributed by atoms with van der Waals surface area (Å²) >= 11 is 0. The lowest BCUT2D eigenvalue weighted by Crippen LogP contribution is -2.29. The van der Waals surface area contributed by atoms with Gasteiger partial charge in [-0.15, -0.1) is 0 Å². The average molecular weight is 320 g/mol. The summed E-state index contributed by atoms with van der Waals surface area (Å²) in [5.74, 6) is -0.548. The third-order valence-corrected chi connectivity index (χ3v) is 3.14. The van der Waals surface area contributed by atoms with Crippen LogP contribution < -0.4 is 9.46 Å². The van der Waals surface area contributed by atoms with Crippen LogP contribution in [0.25, 0.3) is 0 Å². The maximum Gasteiger partial charge on any atom is 0.300 e. The second-order valence-corrected chi connectivity index (χ2v) is 6.16. The Hall–Kier alpha value is -2.79. The number of ether oxygens (including phenoxy) is 1. The normalized spacial score (nSPS) is 10.7. The van der Waals surface area contributed by atoms with Gasteiger partial charge in [-0.2, -0.15) is 5.26 Å². The first-order chi connectivity index (χ1) is 10.4. The summed E-state index contributed by atoms with van der Waals surface area (Å²) in [5.41, 5.74) is 0.836. The Bertz CT molecular complexity index is 833. The fourth-order valence-electron chi connectivity index (χ4n) is 1.68. The summed E-state index contributed by atoms with van der Waals surface area (Å²) in [6.07, 6.45) is 2.14. The molecule has 0 saturated heterocycles. The lowest BCUT2D eigenvalue weighted by atomic mass is 10.2. The summed E-state index contributed by atoms with van der Waals surface area (Å²) in [4.78, 5) is 11.8. The van der Waals surface area contributed by atoms with Crippen molar-refractivity contribution in [3.05, 3.63) is 53.5 Å². The van der Waals surface area contributed by atoms with Gasteiger partial charge in [0.15, 0.2) is 5.76 Å². The van der Waals surface area contributed by atoms with Crippen molar-refractivity contribution in [3.8, 4) is 11.8 Å². The minimum Gasteiger partial charge on any atom is -0.489 e. The van der Waals surface area contributed by atoms with Crippen LogP contribution in [0.15, 0.2) is 41.0 Å². The number of hydrogen-bond acceptors (Lipinski definition) is 6. The number of hydrogen-bond donors (Lipinski definition) is 1. The van der Waals surface area contributed by atoms with E-state index in [9.17, 15) is 13.2 Å². The second kappa shape index (κ2) is 6.32. The Morgan fingerprint density at radius 1 is 1.41 bits per heavy atom. The molecule has 0 aliphatic heterocycles. The average Bonchev–Trinajstić information content (AvgIpc) is 2.92. The van der Waals surface area contributed by atoms with Crippen molar-refractivity contribution >= 4 is 15.9 Å². The molecule has 0 aliphatic carbocycles. The van der Waals surface area contributed by atoms with Gasteiger partial charge >= 0.3 is 5.91 Å². The zero-order chi connectivity index (χ0) is 16.2. The number of rotatable bonds is 5.